The van der Waals surface area contributed by atoms with Gasteiger partial charge in [-0.1, -0.05) is 29.6 Å². The fraction of sp³-hybridized carbons (Fsp3) is 0.444. The average molecular weight is 552 g/mol. The summed E-state index contributed by atoms with van der Waals surface area (Å²) in [5, 5.41) is 11.0. The molecule has 0 aliphatic carbocycles. The summed E-state index contributed by atoms with van der Waals surface area (Å²) in [6.07, 6.45) is -0.155. The Kier molecular flexibility index (Phi) is 11.9. The Balaban J connectivity index is 0.00000578. The summed E-state index contributed by atoms with van der Waals surface area (Å²) in [5.41, 5.74) is 0. The van der Waals surface area contributed by atoms with Crippen LogP contribution in [0.2, 0.25) is 10.0 Å². The molecule has 2 atom stereocenters. The van der Waals surface area contributed by atoms with E-state index in [1.165, 1.54) is 12.1 Å². The molecule has 2 rings (SSSR count). The maximum atomic E-state index is 11.9. The zero-order valence-corrected chi connectivity index (χ0v) is 22.4. The average Bonchev–Trinajstić information content (AvgIpc) is 2.93. The van der Waals surface area contributed by atoms with Crippen molar-refractivity contribution in [3.05, 3.63) is 28.2 Å². The number of quaternary nitrogens is 1. The zero-order valence-electron chi connectivity index (χ0n) is 19.0. The Bertz CT molecular complexity index is 1060. The predicted molar refractivity (Wildman–Crippen MR) is 113 cm³/mol. The number of halogens is 2. The number of nitrogens with zero attached hydrogens (tertiary/aromatic N) is 1. The Morgan fingerprint density at radius 1 is 1.21 bits per heavy atom. The first-order chi connectivity index (χ1) is 15.3. The number of benzene rings is 1. The number of hydrogen-bond acceptors (Lipinski definition) is 9. The van der Waals surface area contributed by atoms with Crippen LogP contribution in [0.4, 0.5) is 0 Å². The molecule has 34 heavy (non-hydrogen) atoms. The SMILES string of the molecule is O=C(COc1ccc(Cl)cc1Cl)NCCCCCC(=O)O[N+]1(O)C(=O)CC(S(=O)(=O)O)C1=O.[H-].[Na+]. The summed E-state index contributed by atoms with van der Waals surface area (Å²) in [6.45, 7) is 0.00932. The molecule has 1 aliphatic heterocycles. The van der Waals surface area contributed by atoms with Gasteiger partial charge in [0.05, 0.1) is 11.4 Å². The molecule has 12 nitrogen and oxygen atoms in total. The molecular weight excluding hydrogens is 530 g/mol. The second kappa shape index (κ2) is 13.1. The number of amides is 3. The van der Waals surface area contributed by atoms with Gasteiger partial charge < -0.3 is 11.5 Å². The number of unbranched alkanes of at least 4 members (excludes halogenated alkanes) is 2. The van der Waals surface area contributed by atoms with Crippen LogP contribution in [0.3, 0.4) is 0 Å². The minimum atomic E-state index is -4.94. The van der Waals surface area contributed by atoms with Crippen LogP contribution in [0.25, 0.3) is 0 Å². The molecular formula is C18H22Cl2N2NaO10S+. The van der Waals surface area contributed by atoms with Crippen molar-refractivity contribution < 1.29 is 82.7 Å². The van der Waals surface area contributed by atoms with Crippen molar-refractivity contribution >= 4 is 57.0 Å². The number of carbonyl (C=O) groups is 4. The zero-order chi connectivity index (χ0) is 24.8. The van der Waals surface area contributed by atoms with E-state index >= 15 is 0 Å². The number of imide groups is 1. The van der Waals surface area contributed by atoms with E-state index in [1.807, 2.05) is 0 Å². The summed E-state index contributed by atoms with van der Waals surface area (Å²) in [6, 6.07) is 4.57. The molecule has 2 unspecified atom stereocenters. The third kappa shape index (κ3) is 8.43. The van der Waals surface area contributed by atoms with Gasteiger partial charge in [0.15, 0.2) is 6.61 Å². The molecule has 0 spiro atoms. The van der Waals surface area contributed by atoms with Crippen LogP contribution >= 0.6 is 23.2 Å². The van der Waals surface area contributed by atoms with Crippen molar-refractivity contribution in [2.24, 2.45) is 0 Å². The van der Waals surface area contributed by atoms with Gasteiger partial charge in [-0.15, -0.1) is 0 Å². The van der Waals surface area contributed by atoms with Gasteiger partial charge in [-0.25, -0.2) is 19.2 Å². The number of rotatable bonds is 11. The second-order valence-electron chi connectivity index (χ2n) is 7.00. The molecule has 1 aromatic carbocycles. The molecule has 1 aromatic rings. The molecule has 0 aromatic heterocycles. The maximum absolute atomic E-state index is 11.9. The van der Waals surface area contributed by atoms with E-state index in [0.717, 1.165) is 0 Å². The van der Waals surface area contributed by atoms with Crippen LogP contribution in [0.1, 0.15) is 33.5 Å². The van der Waals surface area contributed by atoms with Crippen molar-refractivity contribution in [3.63, 3.8) is 0 Å². The van der Waals surface area contributed by atoms with Gasteiger partial charge in [0, 0.05) is 11.6 Å². The van der Waals surface area contributed by atoms with E-state index in [1.54, 1.807) is 6.07 Å². The number of nitrogens with one attached hydrogen (secondary N) is 1. The first kappa shape index (κ1) is 30.7. The molecule has 3 N–H and O–H groups in total. The first-order valence-corrected chi connectivity index (χ1v) is 11.8. The van der Waals surface area contributed by atoms with Gasteiger partial charge >= 0.3 is 47.3 Å². The van der Waals surface area contributed by atoms with Crippen molar-refractivity contribution in [2.45, 2.75) is 37.4 Å². The third-order valence-corrected chi connectivity index (χ3v) is 6.12. The fourth-order valence-electron chi connectivity index (χ4n) is 2.79. The van der Waals surface area contributed by atoms with Crippen molar-refractivity contribution in [1.82, 2.24) is 5.32 Å². The normalized spacial score (nSPS) is 19.9. The largest absolute Gasteiger partial charge is 1.00 e. The standard InChI is InChI=1S/C18H20Cl2N2O10S.Na.H/c19-11-5-6-13(12(20)8-11)31-10-15(23)21-7-3-1-2-4-17(25)32-22(27)16(24)9-14(18(22)26)33(28,29)30;;/h5-6,8,14,27H,1-4,7,9-10H2,(H-,21,23,28,29,30);;/q;+1;-1/p+1. The molecule has 1 heterocycles. The molecule has 1 aliphatic rings. The quantitative estimate of drug-likeness (QED) is 0.0736. The van der Waals surface area contributed by atoms with Gasteiger partial charge in [0.1, 0.15) is 17.0 Å². The first-order valence-electron chi connectivity index (χ1n) is 9.57. The molecule has 0 saturated carbocycles. The molecule has 1 fully saturated rings. The van der Waals surface area contributed by atoms with Gasteiger partial charge in [-0.05, 0) is 31.0 Å². The van der Waals surface area contributed by atoms with Crippen molar-refractivity contribution in [1.29, 1.82) is 0 Å². The van der Waals surface area contributed by atoms with E-state index in [9.17, 15) is 32.8 Å². The summed E-state index contributed by atoms with van der Waals surface area (Å²) < 4.78 is 36.4. The third-order valence-electron chi connectivity index (χ3n) is 4.50. The van der Waals surface area contributed by atoms with Crippen LogP contribution in [0.15, 0.2) is 18.2 Å². The van der Waals surface area contributed by atoms with Gasteiger partial charge in [0.25, 0.3) is 16.0 Å². The van der Waals surface area contributed by atoms with Crippen LogP contribution in [0.5, 0.6) is 5.75 Å². The van der Waals surface area contributed by atoms with Crippen LogP contribution in [-0.2, 0) is 34.1 Å². The number of ether oxygens (including phenoxy) is 1. The van der Waals surface area contributed by atoms with Crippen LogP contribution < -0.4 is 39.6 Å². The summed E-state index contributed by atoms with van der Waals surface area (Å²) in [7, 11) is -4.94. The summed E-state index contributed by atoms with van der Waals surface area (Å²) in [5.74, 6) is -4.27. The molecule has 1 saturated heterocycles. The molecule has 16 heteroatoms. The smallest absolute Gasteiger partial charge is 1.00 e. The maximum Gasteiger partial charge on any atom is 1.00 e. The fourth-order valence-corrected chi connectivity index (χ4v) is 4.01. The number of hydroxylamine groups is 4. The summed E-state index contributed by atoms with van der Waals surface area (Å²) >= 11 is 11.7. The van der Waals surface area contributed by atoms with E-state index in [-0.39, 0.29) is 62.0 Å². The monoisotopic (exact) mass is 551 g/mol. The molecule has 3 amide bonds. The Hall–Kier alpha value is -1.29. The molecule has 184 valence electrons. The van der Waals surface area contributed by atoms with Gasteiger partial charge in [-0.2, -0.15) is 13.6 Å². The molecule has 0 radical (unpaired) electrons. The van der Waals surface area contributed by atoms with Crippen LogP contribution in [0, 0.1) is 0 Å². The topological polar surface area (TPSA) is 173 Å². The summed E-state index contributed by atoms with van der Waals surface area (Å²) in [4.78, 5) is 49.3. The van der Waals surface area contributed by atoms with Crippen molar-refractivity contribution in [2.75, 3.05) is 13.2 Å². The predicted octanol–water partition coefficient (Wildman–Crippen LogP) is -1.46. The van der Waals surface area contributed by atoms with E-state index < -0.39 is 50.3 Å². The van der Waals surface area contributed by atoms with Gasteiger partial charge in [0.2, 0.25) is 5.25 Å². The minimum Gasteiger partial charge on any atom is -1.00 e. The van der Waals surface area contributed by atoms with E-state index in [4.69, 9.17) is 32.5 Å². The van der Waals surface area contributed by atoms with Crippen LogP contribution in [-0.4, -0.2) is 65.1 Å². The van der Waals surface area contributed by atoms with Crippen molar-refractivity contribution in [3.8, 4) is 5.75 Å². The Morgan fingerprint density at radius 3 is 2.47 bits per heavy atom. The van der Waals surface area contributed by atoms with E-state index in [0.29, 0.717) is 23.6 Å². The van der Waals surface area contributed by atoms with E-state index in [2.05, 4.69) is 10.2 Å². The number of hydrogen-bond donors (Lipinski definition) is 3. The second-order valence-corrected chi connectivity index (χ2v) is 9.45. The number of carbonyl (C=O) groups excluding carboxylic acids is 4. The Morgan fingerprint density at radius 2 is 1.88 bits per heavy atom. The molecule has 0 bridgehead atoms. The Labute approximate surface area is 228 Å². The minimum absolute atomic E-state index is 0. The van der Waals surface area contributed by atoms with Gasteiger partial charge in [-0.3, -0.25) is 9.35 Å².